The van der Waals surface area contributed by atoms with Crippen molar-refractivity contribution in [3.63, 3.8) is 0 Å². The second kappa shape index (κ2) is 15.2. The summed E-state index contributed by atoms with van der Waals surface area (Å²) in [4.78, 5) is 5.17. The lowest BCUT2D eigenvalue weighted by Gasteiger charge is -2.45. The van der Waals surface area contributed by atoms with E-state index in [2.05, 4.69) is 266 Å². The number of hydrogen-bond donors (Lipinski definition) is 0. The van der Waals surface area contributed by atoms with E-state index in [0.29, 0.717) is 0 Å². The Labute approximate surface area is 420 Å². The number of para-hydroxylation sites is 2. The highest BCUT2D eigenvalue weighted by molar-refractivity contribution is 7.00. The van der Waals surface area contributed by atoms with Crippen molar-refractivity contribution in [2.45, 2.75) is 84.0 Å². The standard InChI is InChI=1S/C67H59BN2O/c1-64(2,3)43-30-34-46(35-31-43)69-57-37-33-45(66(7,8)9)39-54(57)68-55-41-53-49(47-22-13-14-23-50(47)67(53)51-24-15-17-28-61(51)71-62-29-18-16-25-52(62)67)40-60(55)70(59-27-19-26-58(69)63(59)68)56-36-32-44(65(4,5)6)38-48(56)42-20-11-10-12-21-42/h10-41H,1-9H3. The van der Waals surface area contributed by atoms with E-state index in [-0.39, 0.29) is 23.0 Å². The van der Waals surface area contributed by atoms with E-state index in [1.54, 1.807) is 0 Å². The van der Waals surface area contributed by atoms with Crippen LogP contribution >= 0.6 is 0 Å². The average molecular weight is 919 g/mol. The van der Waals surface area contributed by atoms with Crippen molar-refractivity contribution in [3.05, 3.63) is 233 Å². The van der Waals surface area contributed by atoms with Gasteiger partial charge in [0.15, 0.2) is 0 Å². The highest BCUT2D eigenvalue weighted by Crippen LogP contribution is 2.63. The molecule has 0 unspecified atom stereocenters. The predicted octanol–water partition coefficient (Wildman–Crippen LogP) is 15.8. The third-order valence-corrected chi connectivity index (χ3v) is 16.0. The minimum atomic E-state index is -0.619. The Balaban J connectivity index is 1.18. The zero-order valence-corrected chi connectivity index (χ0v) is 42.4. The van der Waals surface area contributed by atoms with Gasteiger partial charge in [-0.3, -0.25) is 0 Å². The predicted molar refractivity (Wildman–Crippen MR) is 299 cm³/mol. The summed E-state index contributed by atoms with van der Waals surface area (Å²) in [6, 6.07) is 73.7. The first-order chi connectivity index (χ1) is 34.1. The molecular formula is C67H59BN2O. The summed E-state index contributed by atoms with van der Waals surface area (Å²) >= 11 is 0. The highest BCUT2D eigenvalue weighted by Gasteiger charge is 2.53. The van der Waals surface area contributed by atoms with Crippen LogP contribution in [0.25, 0.3) is 22.3 Å². The second-order valence-electron chi connectivity index (χ2n) is 23.3. The largest absolute Gasteiger partial charge is 0.457 e. The van der Waals surface area contributed by atoms with Crippen LogP contribution in [0.3, 0.4) is 0 Å². The lowest BCUT2D eigenvalue weighted by atomic mass is 9.33. The van der Waals surface area contributed by atoms with E-state index in [9.17, 15) is 0 Å². The molecule has 4 heteroatoms. The minimum absolute atomic E-state index is 0.0307. The van der Waals surface area contributed by atoms with Gasteiger partial charge in [-0.1, -0.05) is 196 Å². The molecule has 1 spiro atoms. The maximum atomic E-state index is 6.84. The normalized spacial score (nSPS) is 14.7. The van der Waals surface area contributed by atoms with Gasteiger partial charge in [-0.15, -0.1) is 0 Å². The molecule has 0 atom stereocenters. The lowest BCUT2D eigenvalue weighted by molar-refractivity contribution is 0.436. The average Bonchev–Trinajstić information content (AvgIpc) is 3.65. The molecule has 0 radical (unpaired) electrons. The molecular weight excluding hydrogens is 860 g/mol. The van der Waals surface area contributed by atoms with Crippen LogP contribution in [0.2, 0.25) is 0 Å². The third-order valence-electron chi connectivity index (χ3n) is 16.0. The van der Waals surface area contributed by atoms with E-state index in [4.69, 9.17) is 4.74 Å². The van der Waals surface area contributed by atoms with Crippen LogP contribution in [0.15, 0.2) is 194 Å². The number of fused-ring (bicyclic) bond motifs is 13. The third kappa shape index (κ3) is 6.36. The monoisotopic (exact) mass is 918 g/mol. The van der Waals surface area contributed by atoms with E-state index >= 15 is 0 Å². The van der Waals surface area contributed by atoms with E-state index < -0.39 is 5.41 Å². The second-order valence-corrected chi connectivity index (χ2v) is 23.3. The first kappa shape index (κ1) is 43.5. The Morgan fingerprint density at radius 1 is 0.366 bits per heavy atom. The zero-order valence-electron chi connectivity index (χ0n) is 42.4. The molecule has 13 rings (SSSR count). The van der Waals surface area contributed by atoms with E-state index in [1.165, 1.54) is 100 Å². The van der Waals surface area contributed by atoms with Crippen LogP contribution in [0.1, 0.15) is 101 Å². The topological polar surface area (TPSA) is 15.7 Å². The molecule has 9 aromatic carbocycles. The lowest BCUT2D eigenvalue weighted by Crippen LogP contribution is -2.61. The molecule has 0 aromatic heterocycles. The van der Waals surface area contributed by atoms with Gasteiger partial charge in [0.1, 0.15) is 11.5 Å². The molecule has 0 saturated carbocycles. The van der Waals surface area contributed by atoms with Gasteiger partial charge in [-0.05, 0) is 138 Å². The van der Waals surface area contributed by atoms with Crippen LogP contribution in [-0.2, 0) is 21.7 Å². The molecule has 0 amide bonds. The van der Waals surface area contributed by atoms with Gasteiger partial charge >= 0.3 is 0 Å². The fourth-order valence-corrected chi connectivity index (χ4v) is 12.4. The molecule has 346 valence electrons. The van der Waals surface area contributed by atoms with Gasteiger partial charge in [0.2, 0.25) is 0 Å². The Morgan fingerprint density at radius 2 is 0.901 bits per heavy atom. The number of rotatable bonds is 3. The fourth-order valence-electron chi connectivity index (χ4n) is 12.4. The van der Waals surface area contributed by atoms with Crippen LogP contribution in [0, 0.1) is 0 Å². The molecule has 3 heterocycles. The summed E-state index contributed by atoms with van der Waals surface area (Å²) < 4.78 is 6.84. The van der Waals surface area contributed by atoms with Crippen molar-refractivity contribution < 1.29 is 4.74 Å². The number of benzene rings is 9. The number of nitrogens with zero attached hydrogens (tertiary/aromatic N) is 2. The summed E-state index contributed by atoms with van der Waals surface area (Å²) in [5.74, 6) is 1.80. The van der Waals surface area contributed by atoms with E-state index in [1.807, 2.05) is 0 Å². The molecule has 9 aromatic rings. The van der Waals surface area contributed by atoms with Crippen molar-refractivity contribution >= 4 is 57.2 Å². The molecule has 0 bridgehead atoms. The Bertz CT molecular complexity index is 3600. The maximum Gasteiger partial charge on any atom is 0.252 e. The molecule has 4 aliphatic rings. The number of hydrogen-bond acceptors (Lipinski definition) is 3. The van der Waals surface area contributed by atoms with Crippen LogP contribution in [0.5, 0.6) is 11.5 Å². The summed E-state index contributed by atoms with van der Waals surface area (Å²) in [6.45, 7) is 20.8. The summed E-state index contributed by atoms with van der Waals surface area (Å²) in [6.07, 6.45) is 0. The molecule has 0 saturated heterocycles. The van der Waals surface area contributed by atoms with Crippen LogP contribution < -0.4 is 30.9 Å². The number of ether oxygens (including phenoxy) is 1. The van der Waals surface area contributed by atoms with Gasteiger partial charge in [-0.25, -0.2) is 0 Å². The SMILES string of the molecule is CC(C)(C)c1ccc(N2c3ccc(C(C)(C)C)cc3B3c4cc5c(cc4N(c4ccc(C(C)(C)C)cc4-c4ccccc4)c4cccc2c43)-c2ccccc2C52c3ccccc3Oc3ccccc32)cc1. The maximum absolute atomic E-state index is 6.84. The zero-order chi connectivity index (χ0) is 48.8. The van der Waals surface area contributed by atoms with Crippen molar-refractivity contribution in [3.8, 4) is 33.8 Å². The Hall–Kier alpha value is -7.56. The molecule has 0 N–H and O–H groups in total. The van der Waals surface area contributed by atoms with Gasteiger partial charge in [0, 0.05) is 45.1 Å². The summed E-state index contributed by atoms with van der Waals surface area (Å²) in [5, 5.41) is 0. The van der Waals surface area contributed by atoms with Gasteiger partial charge < -0.3 is 14.5 Å². The van der Waals surface area contributed by atoms with Crippen molar-refractivity contribution in [1.29, 1.82) is 0 Å². The number of anilines is 6. The smallest absolute Gasteiger partial charge is 0.252 e. The van der Waals surface area contributed by atoms with E-state index in [0.717, 1.165) is 22.9 Å². The van der Waals surface area contributed by atoms with Crippen LogP contribution in [0.4, 0.5) is 34.1 Å². The summed E-state index contributed by atoms with van der Waals surface area (Å²) in [5.41, 5.74) is 24.2. The molecule has 0 fully saturated rings. The van der Waals surface area contributed by atoms with Gasteiger partial charge in [0.05, 0.1) is 11.1 Å². The Kier molecular flexibility index (Phi) is 9.32. The quantitative estimate of drug-likeness (QED) is 0.164. The molecule has 3 aliphatic heterocycles. The fraction of sp³-hybridized carbons (Fsp3) is 0.194. The first-order valence-electron chi connectivity index (χ1n) is 25.5. The van der Waals surface area contributed by atoms with Crippen molar-refractivity contribution in [2.24, 2.45) is 0 Å². The van der Waals surface area contributed by atoms with Gasteiger partial charge in [-0.2, -0.15) is 0 Å². The summed E-state index contributed by atoms with van der Waals surface area (Å²) in [7, 11) is 0. The Morgan fingerprint density at radius 3 is 1.55 bits per heavy atom. The molecule has 1 aliphatic carbocycles. The van der Waals surface area contributed by atoms with Crippen LogP contribution in [-0.4, -0.2) is 6.71 Å². The first-order valence-corrected chi connectivity index (χ1v) is 25.5. The minimum Gasteiger partial charge on any atom is -0.457 e. The van der Waals surface area contributed by atoms with Crippen molar-refractivity contribution in [2.75, 3.05) is 9.80 Å². The van der Waals surface area contributed by atoms with Gasteiger partial charge in [0.25, 0.3) is 6.71 Å². The van der Waals surface area contributed by atoms with Crippen molar-refractivity contribution in [1.82, 2.24) is 0 Å². The molecule has 71 heavy (non-hydrogen) atoms. The highest BCUT2D eigenvalue weighted by atomic mass is 16.5. The molecule has 3 nitrogen and oxygen atoms in total.